The van der Waals surface area contributed by atoms with Gasteiger partial charge in [-0.05, 0) is 36.8 Å². The molecule has 1 aromatic carbocycles. The van der Waals surface area contributed by atoms with Crippen LogP contribution in [0.15, 0.2) is 24.3 Å². The minimum absolute atomic E-state index is 0.0138. The summed E-state index contributed by atoms with van der Waals surface area (Å²) < 4.78 is 43.0. The Balaban J connectivity index is 2.03. The molecule has 2 rings (SSSR count). The lowest BCUT2D eigenvalue weighted by molar-refractivity contribution is -0.153. The van der Waals surface area contributed by atoms with Crippen LogP contribution in [-0.2, 0) is 20.5 Å². The van der Waals surface area contributed by atoms with E-state index in [1.54, 1.807) is 0 Å². The quantitative estimate of drug-likeness (QED) is 0.633. The van der Waals surface area contributed by atoms with Crippen molar-refractivity contribution < 1.29 is 32.3 Å². The standard InChI is InChI=1S/C16H14ClF3N2O4/c1-9(14(24)22-7-6-21-15(22)25)26-13(23)5-2-10-8-11(16(18,19)20)3-4-12(10)17/h2-5,8-9H,6-7H2,1H3,(H,21,25)/b5-2+/t9-/m0/s1. The summed E-state index contributed by atoms with van der Waals surface area (Å²) in [5.41, 5.74) is -0.949. The molecule has 140 valence electrons. The van der Waals surface area contributed by atoms with E-state index in [0.29, 0.717) is 6.54 Å². The number of nitrogens with zero attached hydrogens (tertiary/aromatic N) is 1. The van der Waals surface area contributed by atoms with Crippen LogP contribution in [0.1, 0.15) is 18.1 Å². The van der Waals surface area contributed by atoms with Gasteiger partial charge >= 0.3 is 18.2 Å². The summed E-state index contributed by atoms with van der Waals surface area (Å²) in [6, 6.07) is 2.09. The molecule has 1 fully saturated rings. The number of urea groups is 1. The molecular weight excluding hydrogens is 377 g/mol. The summed E-state index contributed by atoms with van der Waals surface area (Å²) in [5, 5.41) is 2.45. The topological polar surface area (TPSA) is 75.7 Å². The summed E-state index contributed by atoms with van der Waals surface area (Å²) in [6.07, 6.45) is -3.87. The summed E-state index contributed by atoms with van der Waals surface area (Å²) in [4.78, 5) is 36.1. The zero-order chi connectivity index (χ0) is 19.5. The number of halogens is 4. The molecule has 6 nitrogen and oxygen atoms in total. The van der Waals surface area contributed by atoms with Crippen LogP contribution in [-0.4, -0.2) is 42.0 Å². The van der Waals surface area contributed by atoms with Crippen molar-refractivity contribution in [2.75, 3.05) is 13.1 Å². The maximum atomic E-state index is 12.7. The van der Waals surface area contributed by atoms with Crippen LogP contribution in [0, 0.1) is 0 Å². The highest BCUT2D eigenvalue weighted by Crippen LogP contribution is 2.32. The predicted octanol–water partition coefficient (Wildman–Crippen LogP) is 2.86. The highest BCUT2D eigenvalue weighted by molar-refractivity contribution is 6.32. The number of nitrogens with one attached hydrogen (secondary N) is 1. The zero-order valence-electron chi connectivity index (χ0n) is 13.5. The molecule has 0 aliphatic carbocycles. The highest BCUT2D eigenvalue weighted by atomic mass is 35.5. The molecule has 1 aliphatic heterocycles. The van der Waals surface area contributed by atoms with E-state index in [-0.39, 0.29) is 17.1 Å². The number of imide groups is 1. The van der Waals surface area contributed by atoms with Crippen LogP contribution in [0.2, 0.25) is 5.02 Å². The lowest BCUT2D eigenvalue weighted by atomic mass is 10.1. The summed E-state index contributed by atoms with van der Waals surface area (Å²) in [5.74, 6) is -1.65. The van der Waals surface area contributed by atoms with Gasteiger partial charge in [0.25, 0.3) is 5.91 Å². The molecule has 1 saturated heterocycles. The Morgan fingerprint density at radius 1 is 1.38 bits per heavy atom. The van der Waals surface area contributed by atoms with Crippen molar-refractivity contribution in [3.8, 4) is 0 Å². The van der Waals surface area contributed by atoms with Crippen molar-refractivity contribution in [1.82, 2.24) is 10.2 Å². The first kappa shape index (κ1) is 19.8. The van der Waals surface area contributed by atoms with E-state index in [1.807, 2.05) is 0 Å². The Labute approximate surface area is 151 Å². The maximum Gasteiger partial charge on any atom is 0.416 e. The zero-order valence-corrected chi connectivity index (χ0v) is 14.2. The Kier molecular flexibility index (Phi) is 5.91. The van der Waals surface area contributed by atoms with Gasteiger partial charge in [-0.1, -0.05) is 11.6 Å². The Bertz CT molecular complexity index is 764. The van der Waals surface area contributed by atoms with Gasteiger partial charge in [-0.3, -0.25) is 9.69 Å². The highest BCUT2D eigenvalue weighted by Gasteiger charge is 2.32. The number of hydrogen-bond donors (Lipinski definition) is 1. The molecule has 0 saturated carbocycles. The average Bonchev–Trinajstić information content (AvgIpc) is 2.98. The van der Waals surface area contributed by atoms with Crippen molar-refractivity contribution >= 4 is 35.6 Å². The molecule has 1 N–H and O–H groups in total. The molecule has 1 atom stereocenters. The van der Waals surface area contributed by atoms with Crippen molar-refractivity contribution in [2.24, 2.45) is 0 Å². The third kappa shape index (κ3) is 4.75. The fourth-order valence-corrected chi connectivity index (χ4v) is 2.35. The third-order valence-electron chi connectivity index (χ3n) is 3.49. The van der Waals surface area contributed by atoms with Gasteiger partial charge in [0, 0.05) is 24.2 Å². The molecule has 0 bridgehead atoms. The van der Waals surface area contributed by atoms with Crippen LogP contribution in [0.4, 0.5) is 18.0 Å². The van der Waals surface area contributed by atoms with Crippen LogP contribution in [0.3, 0.4) is 0 Å². The van der Waals surface area contributed by atoms with Gasteiger partial charge < -0.3 is 10.1 Å². The SMILES string of the molecule is C[C@H](OC(=O)/C=C/c1cc(C(F)(F)F)ccc1Cl)C(=O)N1CCNC1=O. The monoisotopic (exact) mass is 390 g/mol. The van der Waals surface area contributed by atoms with E-state index in [9.17, 15) is 27.6 Å². The molecule has 0 radical (unpaired) electrons. The molecule has 3 amide bonds. The van der Waals surface area contributed by atoms with Crippen molar-refractivity contribution in [2.45, 2.75) is 19.2 Å². The average molecular weight is 391 g/mol. The number of rotatable bonds is 4. The van der Waals surface area contributed by atoms with Crippen LogP contribution in [0.25, 0.3) is 6.08 Å². The van der Waals surface area contributed by atoms with Gasteiger partial charge in [-0.2, -0.15) is 13.2 Å². The Morgan fingerprint density at radius 2 is 2.08 bits per heavy atom. The van der Waals surface area contributed by atoms with Gasteiger partial charge in [-0.15, -0.1) is 0 Å². The number of ether oxygens (including phenoxy) is 1. The molecule has 0 spiro atoms. The maximum absolute atomic E-state index is 12.7. The Morgan fingerprint density at radius 3 is 2.65 bits per heavy atom. The van der Waals surface area contributed by atoms with E-state index in [2.05, 4.69) is 5.32 Å². The number of hydrogen-bond acceptors (Lipinski definition) is 4. The van der Waals surface area contributed by atoms with Crippen molar-refractivity contribution in [3.63, 3.8) is 0 Å². The fourth-order valence-electron chi connectivity index (χ4n) is 2.17. The number of esters is 1. The predicted molar refractivity (Wildman–Crippen MR) is 86.2 cm³/mol. The van der Waals surface area contributed by atoms with Crippen LogP contribution < -0.4 is 5.32 Å². The summed E-state index contributed by atoms with van der Waals surface area (Å²) in [7, 11) is 0. The van der Waals surface area contributed by atoms with Crippen LogP contribution >= 0.6 is 11.6 Å². The number of carbonyl (C=O) groups excluding carboxylic acids is 3. The largest absolute Gasteiger partial charge is 0.449 e. The molecule has 0 aromatic heterocycles. The molecular formula is C16H14ClF3N2O4. The Hall–Kier alpha value is -2.55. The second-order valence-electron chi connectivity index (χ2n) is 5.37. The number of benzene rings is 1. The number of amides is 3. The lowest BCUT2D eigenvalue weighted by Gasteiger charge is -2.17. The van der Waals surface area contributed by atoms with Gasteiger partial charge in [0.1, 0.15) is 0 Å². The van der Waals surface area contributed by atoms with Crippen LogP contribution in [0.5, 0.6) is 0 Å². The van der Waals surface area contributed by atoms with Gasteiger partial charge in [0.2, 0.25) is 0 Å². The minimum atomic E-state index is -4.55. The van der Waals surface area contributed by atoms with E-state index in [4.69, 9.17) is 16.3 Å². The third-order valence-corrected chi connectivity index (χ3v) is 3.83. The fraction of sp³-hybridized carbons (Fsp3) is 0.312. The first-order valence-electron chi connectivity index (χ1n) is 7.44. The van der Waals surface area contributed by atoms with E-state index in [0.717, 1.165) is 35.3 Å². The van der Waals surface area contributed by atoms with Crippen molar-refractivity contribution in [1.29, 1.82) is 0 Å². The second-order valence-corrected chi connectivity index (χ2v) is 5.78. The number of alkyl halides is 3. The molecule has 1 aromatic rings. The lowest BCUT2D eigenvalue weighted by Crippen LogP contribution is -2.41. The summed E-state index contributed by atoms with van der Waals surface area (Å²) >= 11 is 5.81. The molecule has 0 unspecified atom stereocenters. The van der Waals surface area contributed by atoms with Crippen molar-refractivity contribution in [3.05, 3.63) is 40.4 Å². The molecule has 1 aliphatic rings. The van der Waals surface area contributed by atoms with Gasteiger partial charge in [0.05, 0.1) is 5.56 Å². The first-order chi connectivity index (χ1) is 12.1. The smallest absolute Gasteiger partial charge is 0.416 e. The van der Waals surface area contributed by atoms with Gasteiger partial charge in [-0.25, -0.2) is 9.59 Å². The van der Waals surface area contributed by atoms with E-state index < -0.39 is 35.8 Å². The molecule has 10 heteroatoms. The normalized spacial score (nSPS) is 15.9. The minimum Gasteiger partial charge on any atom is -0.449 e. The van der Waals surface area contributed by atoms with E-state index in [1.165, 1.54) is 6.92 Å². The molecule has 26 heavy (non-hydrogen) atoms. The molecule has 1 heterocycles. The number of carbonyl (C=O) groups is 3. The second kappa shape index (κ2) is 7.77. The summed E-state index contributed by atoms with van der Waals surface area (Å²) in [6.45, 7) is 1.76. The first-order valence-corrected chi connectivity index (χ1v) is 7.82. The van der Waals surface area contributed by atoms with E-state index >= 15 is 0 Å². The van der Waals surface area contributed by atoms with Gasteiger partial charge in [0.15, 0.2) is 6.10 Å².